The summed E-state index contributed by atoms with van der Waals surface area (Å²) in [6, 6.07) is 15.1. The number of hydrogen-bond acceptors (Lipinski definition) is 15. The van der Waals surface area contributed by atoms with Crippen molar-refractivity contribution in [1.29, 1.82) is 10.8 Å². The number of nitrogens with zero attached hydrogens (tertiary/aromatic N) is 6. The molecule has 5 heterocycles. The number of likely N-dealkylation sites (tertiary alicyclic amines) is 1. The molecule has 0 aliphatic carbocycles. The zero-order chi connectivity index (χ0) is 46.9. The van der Waals surface area contributed by atoms with Crippen molar-refractivity contribution < 1.29 is 38.5 Å². The van der Waals surface area contributed by atoms with Crippen LogP contribution >= 0.6 is 11.3 Å². The molecule has 0 spiro atoms. The van der Waals surface area contributed by atoms with Gasteiger partial charge in [-0.2, -0.15) is 5.10 Å². The number of hydrogen-bond donors (Lipinski definition) is 6. The quantitative estimate of drug-likeness (QED) is 0.0307. The summed E-state index contributed by atoms with van der Waals surface area (Å²) in [7, 11) is 0. The number of β-amino-alcohol motifs (C(OH)–C–C–N with tert-alkyl or cyclic N) is 1. The van der Waals surface area contributed by atoms with Crippen LogP contribution in [0.25, 0.3) is 16.0 Å². The molecule has 7 N–H and O–H groups in total. The second-order valence-corrected chi connectivity index (χ2v) is 17.7. The smallest absolute Gasteiger partial charge is 0.243 e. The normalized spacial score (nSPS) is 17.5. The summed E-state index contributed by atoms with van der Waals surface area (Å²) >= 11 is 1.58. The fourth-order valence-corrected chi connectivity index (χ4v) is 8.85. The number of amidine groups is 1. The molecule has 350 valence electrons. The molecule has 66 heavy (non-hydrogen) atoms. The highest BCUT2D eigenvalue weighted by Crippen LogP contribution is 2.34. The van der Waals surface area contributed by atoms with Crippen LogP contribution in [0.5, 0.6) is 5.75 Å². The maximum absolute atomic E-state index is 14.2. The molecule has 5 aromatic rings. The number of aromatic nitrogens is 4. The number of carbonyl (C=O) groups excluding carboxylic acids is 2. The number of aryl methyl sites for hydroxylation is 1. The lowest BCUT2D eigenvalue weighted by molar-refractivity contribution is -0.141. The van der Waals surface area contributed by atoms with E-state index in [-0.39, 0.29) is 60.1 Å². The van der Waals surface area contributed by atoms with E-state index in [0.29, 0.717) is 80.9 Å². The number of aromatic hydroxyl groups is 1. The van der Waals surface area contributed by atoms with Gasteiger partial charge in [0.2, 0.25) is 11.8 Å². The maximum Gasteiger partial charge on any atom is 0.243 e. The fraction of sp³-hybridized carbons (Fsp3) is 0.426. The number of benzene rings is 2. The van der Waals surface area contributed by atoms with Gasteiger partial charge in [0.15, 0.2) is 11.6 Å². The summed E-state index contributed by atoms with van der Waals surface area (Å²) < 4.78 is 24.8. The number of phenolic OH excluding ortho intramolecular Hbond substituents is 1. The van der Waals surface area contributed by atoms with Crippen molar-refractivity contribution in [3.63, 3.8) is 0 Å². The zero-order valence-corrected chi connectivity index (χ0v) is 38.4. The van der Waals surface area contributed by atoms with Crippen LogP contribution in [0.1, 0.15) is 67.3 Å². The molecule has 2 saturated heterocycles. The molecule has 0 saturated carbocycles. The van der Waals surface area contributed by atoms with Gasteiger partial charge in [-0.15, -0.1) is 11.3 Å². The minimum Gasteiger partial charge on any atom is -0.507 e. The van der Waals surface area contributed by atoms with E-state index >= 15 is 0 Å². The van der Waals surface area contributed by atoms with Crippen molar-refractivity contribution in [3.05, 3.63) is 107 Å². The Labute approximate surface area is 387 Å². The van der Waals surface area contributed by atoms with Gasteiger partial charge in [0.1, 0.15) is 23.5 Å². The molecule has 2 amide bonds. The first-order valence-corrected chi connectivity index (χ1v) is 22.9. The summed E-state index contributed by atoms with van der Waals surface area (Å²) in [5.41, 5.74) is 11.8. The van der Waals surface area contributed by atoms with Crippen LogP contribution in [0.2, 0.25) is 0 Å². The monoisotopic (exact) mass is 922 g/mol. The predicted molar refractivity (Wildman–Crippen MR) is 250 cm³/mol. The van der Waals surface area contributed by atoms with E-state index in [1.807, 2.05) is 62.4 Å². The van der Waals surface area contributed by atoms with Gasteiger partial charge < -0.3 is 55.2 Å². The van der Waals surface area contributed by atoms with E-state index in [4.69, 9.17) is 35.3 Å². The van der Waals surface area contributed by atoms with Crippen molar-refractivity contribution >= 4 is 46.1 Å². The molecule has 2 aliphatic heterocycles. The van der Waals surface area contributed by atoms with E-state index in [9.17, 15) is 19.8 Å². The van der Waals surface area contributed by atoms with Gasteiger partial charge in [0, 0.05) is 55.0 Å². The summed E-state index contributed by atoms with van der Waals surface area (Å²) in [5, 5.41) is 48.8. The third kappa shape index (κ3) is 11.6. The Kier molecular flexibility index (Phi) is 15.8. The van der Waals surface area contributed by atoms with Crippen molar-refractivity contribution in [2.24, 2.45) is 11.7 Å². The van der Waals surface area contributed by atoms with Crippen LogP contribution in [0.3, 0.4) is 0 Å². The topological polar surface area (TPSA) is 251 Å². The van der Waals surface area contributed by atoms with Crippen molar-refractivity contribution in [2.75, 3.05) is 57.6 Å². The number of para-hydroxylation sites is 1. The van der Waals surface area contributed by atoms with E-state index in [1.165, 1.54) is 17.0 Å². The Morgan fingerprint density at radius 1 is 1.03 bits per heavy atom. The molecule has 4 atom stereocenters. The lowest BCUT2D eigenvalue weighted by Gasteiger charge is -2.38. The fourth-order valence-electron chi connectivity index (χ4n) is 8.04. The number of allylic oxidation sites excluding steroid dienone is 1. The van der Waals surface area contributed by atoms with Crippen LogP contribution in [-0.2, 0) is 30.3 Å². The van der Waals surface area contributed by atoms with Gasteiger partial charge in [0.05, 0.1) is 85.8 Å². The molecule has 2 fully saturated rings. The van der Waals surface area contributed by atoms with Crippen LogP contribution in [0.4, 0.5) is 5.82 Å². The summed E-state index contributed by atoms with van der Waals surface area (Å²) in [5.74, 6) is -0.720. The van der Waals surface area contributed by atoms with Crippen molar-refractivity contribution in [3.8, 4) is 16.2 Å². The highest BCUT2D eigenvalue weighted by Gasteiger charge is 2.44. The van der Waals surface area contributed by atoms with Gasteiger partial charge in [-0.05, 0) is 49.1 Å². The second kappa shape index (κ2) is 21.8. The van der Waals surface area contributed by atoms with E-state index in [1.54, 1.807) is 52.7 Å². The van der Waals surface area contributed by atoms with Crippen LogP contribution < -0.4 is 16.0 Å². The molecule has 18 nitrogen and oxygen atoms in total. The molecular weight excluding hydrogens is 865 g/mol. The van der Waals surface area contributed by atoms with E-state index < -0.39 is 18.1 Å². The van der Waals surface area contributed by atoms with Crippen LogP contribution in [0.15, 0.2) is 83.1 Å². The Morgan fingerprint density at radius 2 is 1.76 bits per heavy atom. The molecule has 3 aromatic heterocycles. The number of phenols is 1. The number of nitrogens with one attached hydrogen (secondary N) is 3. The van der Waals surface area contributed by atoms with Crippen LogP contribution in [0, 0.1) is 23.7 Å². The average Bonchev–Trinajstić information content (AvgIpc) is 4.11. The Balaban J connectivity index is 0.798. The molecule has 2 aliphatic rings. The second-order valence-electron chi connectivity index (χ2n) is 16.8. The summed E-state index contributed by atoms with van der Waals surface area (Å²) in [6.45, 7) is 11.4. The first kappa shape index (κ1) is 47.7. The van der Waals surface area contributed by atoms with Gasteiger partial charge >= 0.3 is 0 Å². The number of anilines is 1. The number of aliphatic hydroxyl groups excluding tert-OH is 1. The molecule has 0 unspecified atom stereocenters. The number of amides is 2. The van der Waals surface area contributed by atoms with Crippen molar-refractivity contribution in [2.45, 2.75) is 70.9 Å². The van der Waals surface area contributed by atoms with Gasteiger partial charge in [0.25, 0.3) is 0 Å². The Hall–Kier alpha value is -6.25. The number of thiazole rings is 1. The third-order valence-electron chi connectivity index (χ3n) is 11.7. The average molecular weight is 923 g/mol. The molecule has 2 aromatic carbocycles. The maximum atomic E-state index is 14.2. The van der Waals surface area contributed by atoms with E-state index in [2.05, 4.69) is 20.6 Å². The van der Waals surface area contributed by atoms with Crippen molar-refractivity contribution in [1.82, 2.24) is 30.1 Å². The van der Waals surface area contributed by atoms with Crippen LogP contribution in [-0.4, -0.2) is 129 Å². The van der Waals surface area contributed by atoms with E-state index in [0.717, 1.165) is 21.7 Å². The molecule has 19 heteroatoms. The molecule has 0 bridgehead atoms. The lowest BCUT2D eigenvalue weighted by atomic mass is 9.91. The van der Waals surface area contributed by atoms with Gasteiger partial charge in [-0.3, -0.25) is 19.7 Å². The predicted octanol–water partition coefficient (Wildman–Crippen LogP) is 4.91. The van der Waals surface area contributed by atoms with Gasteiger partial charge in [-0.25, -0.2) is 4.98 Å². The standard InChI is InChI=1S/C47H58N10O8S/c1-28(2)43(47(61)57-24-34(58)19-39(57)46(60)53-29(3)31-9-11-32(12-10-31)44-30(4)51-27-66-44)41-21-42(54-65-41)55-25-35(26-55)64-18-17-63-16-15-62-14-13-56-23-33(22-52-56)37(45(49)50)20-38(48)36-7-5-6-8-40(36)59/h5-12,20-23,27-29,34-35,39,43,48,58-59H,13-19,24-26H2,1-4H3,(H3,49,50)(H,53,60)/b37-20-,48-38?/t29-,34+,39-,43+/m0/s1. The minimum absolute atomic E-state index is 0.0193. The zero-order valence-electron chi connectivity index (χ0n) is 37.6. The first-order chi connectivity index (χ1) is 31.8. The van der Waals surface area contributed by atoms with Gasteiger partial charge in [-0.1, -0.05) is 55.4 Å². The number of rotatable bonds is 22. The number of aliphatic hydroxyl groups is 1. The third-order valence-corrected chi connectivity index (χ3v) is 12.7. The largest absolute Gasteiger partial charge is 0.507 e. The highest BCUT2D eigenvalue weighted by molar-refractivity contribution is 7.13. The number of nitrogens with two attached hydrogens (primary N) is 1. The number of carbonyl (C=O) groups is 2. The summed E-state index contributed by atoms with van der Waals surface area (Å²) in [6.07, 6.45) is 4.03. The minimum atomic E-state index is -0.829. The number of ether oxygens (including phenoxy) is 3. The SMILES string of the molecule is Cc1ncsc1-c1ccc([C@H](C)NC(=O)[C@@H]2C[C@@H](O)CN2C(=O)[C@@H](c2cc(N3CC(OCCOCCOCCn4cc(/C(=C/C(=N)c5ccccc5O)C(=N)N)cn4)C3)no2)C(C)C)cc1. The highest BCUT2D eigenvalue weighted by atomic mass is 32.1. The Morgan fingerprint density at radius 3 is 2.45 bits per heavy atom. The Bertz CT molecular complexity index is 2490. The summed E-state index contributed by atoms with van der Waals surface area (Å²) in [4.78, 5) is 36.8. The molecule has 0 radical (unpaired) electrons. The molecule has 7 rings (SSSR count). The lowest BCUT2D eigenvalue weighted by Crippen LogP contribution is -2.52. The first-order valence-electron chi connectivity index (χ1n) is 22.0. The molecular formula is C47H58N10O8S.